The molecular formula is C14H26N2O. The number of amides is 1. The molecular weight excluding hydrogens is 212 g/mol. The van der Waals surface area contributed by atoms with Crippen LogP contribution in [0.1, 0.15) is 58.3 Å². The lowest BCUT2D eigenvalue weighted by molar-refractivity contribution is -0.130. The van der Waals surface area contributed by atoms with Gasteiger partial charge in [0.25, 0.3) is 0 Å². The third kappa shape index (κ3) is 3.44. The molecule has 0 radical (unpaired) electrons. The van der Waals surface area contributed by atoms with E-state index in [0.29, 0.717) is 6.04 Å². The molecule has 3 nitrogen and oxygen atoms in total. The standard InChI is InChI=1S/C14H26N2O/c1-14(9-10-15-11-14)13(17)16-12-7-5-3-2-4-6-8-12/h12,15H,2-11H2,1H3,(H,16,17). The van der Waals surface area contributed by atoms with E-state index in [1.54, 1.807) is 0 Å². The minimum Gasteiger partial charge on any atom is -0.353 e. The van der Waals surface area contributed by atoms with Crippen molar-refractivity contribution in [1.82, 2.24) is 10.6 Å². The average Bonchev–Trinajstić information content (AvgIpc) is 2.70. The molecule has 2 aliphatic rings. The maximum Gasteiger partial charge on any atom is 0.227 e. The molecule has 1 atom stereocenters. The molecule has 1 unspecified atom stereocenters. The fourth-order valence-electron chi connectivity index (χ4n) is 2.97. The molecule has 1 heterocycles. The minimum absolute atomic E-state index is 0.164. The third-order valence-corrected chi connectivity index (χ3v) is 4.36. The molecule has 0 aromatic heterocycles. The van der Waals surface area contributed by atoms with Gasteiger partial charge in [-0.05, 0) is 32.7 Å². The number of hydrogen-bond donors (Lipinski definition) is 2. The first kappa shape index (κ1) is 12.9. The maximum absolute atomic E-state index is 12.3. The highest BCUT2D eigenvalue weighted by Gasteiger charge is 2.36. The Bertz CT molecular complexity index is 251. The summed E-state index contributed by atoms with van der Waals surface area (Å²) in [7, 11) is 0. The Labute approximate surface area is 105 Å². The molecule has 1 aliphatic heterocycles. The van der Waals surface area contributed by atoms with Crippen LogP contribution in [0.2, 0.25) is 0 Å². The Morgan fingerprint density at radius 1 is 1.18 bits per heavy atom. The highest BCUT2D eigenvalue weighted by molar-refractivity contribution is 5.83. The highest BCUT2D eigenvalue weighted by Crippen LogP contribution is 2.26. The monoisotopic (exact) mass is 238 g/mol. The molecule has 2 fully saturated rings. The van der Waals surface area contributed by atoms with Gasteiger partial charge in [-0.3, -0.25) is 4.79 Å². The van der Waals surface area contributed by atoms with Crippen molar-refractivity contribution in [2.45, 2.75) is 64.3 Å². The molecule has 17 heavy (non-hydrogen) atoms. The van der Waals surface area contributed by atoms with Crippen LogP contribution in [0.5, 0.6) is 0 Å². The van der Waals surface area contributed by atoms with Crippen LogP contribution >= 0.6 is 0 Å². The quantitative estimate of drug-likeness (QED) is 0.774. The van der Waals surface area contributed by atoms with Gasteiger partial charge in [0.2, 0.25) is 5.91 Å². The number of hydrogen-bond acceptors (Lipinski definition) is 2. The second-order valence-corrected chi connectivity index (χ2v) is 6.00. The van der Waals surface area contributed by atoms with Gasteiger partial charge in [0.15, 0.2) is 0 Å². The molecule has 2 rings (SSSR count). The van der Waals surface area contributed by atoms with Crippen molar-refractivity contribution >= 4 is 5.91 Å². The van der Waals surface area contributed by atoms with Gasteiger partial charge in [-0.15, -0.1) is 0 Å². The van der Waals surface area contributed by atoms with E-state index in [4.69, 9.17) is 0 Å². The predicted octanol–water partition coefficient (Wildman–Crippen LogP) is 2.22. The maximum atomic E-state index is 12.3. The van der Waals surface area contributed by atoms with Gasteiger partial charge in [-0.25, -0.2) is 0 Å². The summed E-state index contributed by atoms with van der Waals surface area (Å²) in [5.74, 6) is 0.271. The first-order valence-corrected chi connectivity index (χ1v) is 7.22. The van der Waals surface area contributed by atoms with E-state index in [9.17, 15) is 4.79 Å². The Morgan fingerprint density at radius 2 is 1.82 bits per heavy atom. The van der Waals surface area contributed by atoms with E-state index >= 15 is 0 Å². The summed E-state index contributed by atoms with van der Waals surface area (Å²) in [6.45, 7) is 3.91. The lowest BCUT2D eigenvalue weighted by Crippen LogP contribution is -2.45. The van der Waals surface area contributed by atoms with Crippen molar-refractivity contribution in [2.75, 3.05) is 13.1 Å². The van der Waals surface area contributed by atoms with Crippen LogP contribution in [0.25, 0.3) is 0 Å². The SMILES string of the molecule is CC1(C(=O)NC2CCCCCCC2)CCNC1. The first-order chi connectivity index (χ1) is 8.21. The zero-order valence-corrected chi connectivity index (χ0v) is 11.1. The largest absolute Gasteiger partial charge is 0.353 e. The smallest absolute Gasteiger partial charge is 0.227 e. The predicted molar refractivity (Wildman–Crippen MR) is 69.8 cm³/mol. The number of carbonyl (C=O) groups excluding carboxylic acids is 1. The molecule has 0 spiro atoms. The van der Waals surface area contributed by atoms with E-state index < -0.39 is 0 Å². The summed E-state index contributed by atoms with van der Waals surface area (Å²) >= 11 is 0. The van der Waals surface area contributed by atoms with Crippen molar-refractivity contribution in [1.29, 1.82) is 0 Å². The molecule has 0 bridgehead atoms. The third-order valence-electron chi connectivity index (χ3n) is 4.36. The van der Waals surface area contributed by atoms with E-state index in [2.05, 4.69) is 17.6 Å². The summed E-state index contributed by atoms with van der Waals surface area (Å²) in [5.41, 5.74) is -0.164. The lowest BCUT2D eigenvalue weighted by atomic mass is 9.87. The van der Waals surface area contributed by atoms with Gasteiger partial charge in [0.1, 0.15) is 0 Å². The van der Waals surface area contributed by atoms with Crippen LogP contribution in [0.4, 0.5) is 0 Å². The van der Waals surface area contributed by atoms with Crippen molar-refractivity contribution in [2.24, 2.45) is 5.41 Å². The number of nitrogens with one attached hydrogen (secondary N) is 2. The number of carbonyl (C=O) groups is 1. The Balaban J connectivity index is 1.83. The van der Waals surface area contributed by atoms with E-state index in [-0.39, 0.29) is 11.3 Å². The van der Waals surface area contributed by atoms with Crippen LogP contribution in [-0.4, -0.2) is 25.0 Å². The molecule has 0 aromatic carbocycles. The molecule has 1 aliphatic carbocycles. The van der Waals surface area contributed by atoms with Gasteiger partial charge in [-0.2, -0.15) is 0 Å². The first-order valence-electron chi connectivity index (χ1n) is 7.22. The lowest BCUT2D eigenvalue weighted by Gasteiger charge is -2.27. The van der Waals surface area contributed by atoms with Gasteiger partial charge in [0.05, 0.1) is 5.41 Å². The van der Waals surface area contributed by atoms with Gasteiger partial charge >= 0.3 is 0 Å². The second kappa shape index (κ2) is 5.85. The molecule has 98 valence electrons. The molecule has 3 heteroatoms. The Hall–Kier alpha value is -0.570. The fraction of sp³-hybridized carbons (Fsp3) is 0.929. The van der Waals surface area contributed by atoms with E-state index in [1.807, 2.05) is 0 Å². The normalized spacial score (nSPS) is 31.8. The van der Waals surface area contributed by atoms with E-state index in [0.717, 1.165) is 19.5 Å². The van der Waals surface area contributed by atoms with Crippen molar-refractivity contribution in [3.63, 3.8) is 0 Å². The van der Waals surface area contributed by atoms with Crippen molar-refractivity contribution in [3.8, 4) is 0 Å². The molecule has 1 saturated heterocycles. The van der Waals surface area contributed by atoms with Crippen LogP contribution in [0, 0.1) is 5.41 Å². The van der Waals surface area contributed by atoms with Gasteiger partial charge in [0, 0.05) is 12.6 Å². The Kier molecular flexibility index (Phi) is 4.43. The number of rotatable bonds is 2. The van der Waals surface area contributed by atoms with Gasteiger partial charge in [-0.1, -0.05) is 32.1 Å². The minimum atomic E-state index is -0.164. The van der Waals surface area contributed by atoms with Gasteiger partial charge < -0.3 is 10.6 Å². The van der Waals surface area contributed by atoms with Crippen molar-refractivity contribution < 1.29 is 4.79 Å². The molecule has 2 N–H and O–H groups in total. The summed E-state index contributed by atoms with van der Waals surface area (Å²) in [6, 6.07) is 0.431. The van der Waals surface area contributed by atoms with E-state index in [1.165, 1.54) is 44.9 Å². The summed E-state index contributed by atoms with van der Waals surface area (Å²) in [5, 5.41) is 6.58. The fourth-order valence-corrected chi connectivity index (χ4v) is 2.97. The van der Waals surface area contributed by atoms with Crippen LogP contribution < -0.4 is 10.6 Å². The second-order valence-electron chi connectivity index (χ2n) is 6.00. The Morgan fingerprint density at radius 3 is 2.41 bits per heavy atom. The topological polar surface area (TPSA) is 41.1 Å². The molecule has 1 saturated carbocycles. The molecule has 0 aromatic rings. The summed E-state index contributed by atoms with van der Waals surface area (Å²) < 4.78 is 0. The zero-order chi connectivity index (χ0) is 12.1. The summed E-state index contributed by atoms with van der Waals surface area (Å²) in [6.07, 6.45) is 9.94. The average molecular weight is 238 g/mol. The summed E-state index contributed by atoms with van der Waals surface area (Å²) in [4.78, 5) is 12.3. The van der Waals surface area contributed by atoms with Crippen LogP contribution in [-0.2, 0) is 4.79 Å². The highest BCUT2D eigenvalue weighted by atomic mass is 16.2. The zero-order valence-electron chi connectivity index (χ0n) is 11.1. The van der Waals surface area contributed by atoms with Crippen LogP contribution in [0.3, 0.4) is 0 Å². The van der Waals surface area contributed by atoms with Crippen LogP contribution in [0.15, 0.2) is 0 Å². The molecule has 1 amide bonds. The van der Waals surface area contributed by atoms with Crippen molar-refractivity contribution in [3.05, 3.63) is 0 Å².